The summed E-state index contributed by atoms with van der Waals surface area (Å²) in [6.07, 6.45) is 1.25. The van der Waals surface area contributed by atoms with Crippen LogP contribution in [0.5, 0.6) is 0 Å². The molecule has 2 rings (SSSR count). The number of nitrogens with two attached hydrogens (primary N) is 1. The quantitative estimate of drug-likeness (QED) is 0.821. The molecule has 0 saturated carbocycles. The van der Waals surface area contributed by atoms with Crippen molar-refractivity contribution in [3.05, 3.63) is 24.3 Å². The Labute approximate surface area is 143 Å². The Morgan fingerprint density at radius 1 is 1.32 bits per heavy atom. The summed E-state index contributed by atoms with van der Waals surface area (Å²) < 4.78 is 5.77. The predicted molar refractivity (Wildman–Crippen MR) is 94.9 cm³/mol. The van der Waals surface area contributed by atoms with Gasteiger partial charge >= 0.3 is 0 Å². The van der Waals surface area contributed by atoms with Gasteiger partial charge in [-0.25, -0.2) is 0 Å². The van der Waals surface area contributed by atoms with Crippen LogP contribution in [0.25, 0.3) is 0 Å². The first-order chi connectivity index (χ1) is 9.87. The highest BCUT2D eigenvalue weighted by atomic mass is 35.5. The Hall–Kier alpha value is -0.750. The van der Waals surface area contributed by atoms with Crippen LogP contribution in [-0.2, 0) is 9.53 Å². The van der Waals surface area contributed by atoms with Gasteiger partial charge in [0, 0.05) is 21.9 Å². The summed E-state index contributed by atoms with van der Waals surface area (Å²) in [5.74, 6) is -0.0813. The minimum Gasteiger partial charge on any atom is -0.364 e. The first kappa shape index (κ1) is 19.3. The number of ether oxygens (including phenoxy) is 1. The molecule has 1 amide bonds. The van der Waals surface area contributed by atoms with Gasteiger partial charge in [-0.15, -0.1) is 24.2 Å². The van der Waals surface area contributed by atoms with Crippen molar-refractivity contribution in [2.75, 3.05) is 11.9 Å². The first-order valence-electron chi connectivity index (χ1n) is 7.33. The van der Waals surface area contributed by atoms with Gasteiger partial charge in [-0.3, -0.25) is 4.79 Å². The van der Waals surface area contributed by atoms with Crippen LogP contribution in [0.3, 0.4) is 0 Å². The Morgan fingerprint density at radius 3 is 2.45 bits per heavy atom. The standard InChI is InChI=1S/C16H24N2O2S.ClH/c1-16(2,3)21-13-7-4-11(5-8-13)18-15(19)14-9-6-12(10-17)20-14;/h4-5,7-8,12,14H,6,9-10,17H2,1-3H3,(H,18,19);1H/t12-,14+;/m1./s1. The van der Waals surface area contributed by atoms with Crippen LogP contribution in [-0.4, -0.2) is 29.4 Å². The second-order valence-electron chi connectivity index (χ2n) is 6.29. The third-order valence-corrected chi connectivity index (χ3v) is 4.33. The zero-order valence-corrected chi connectivity index (χ0v) is 14.9. The van der Waals surface area contributed by atoms with E-state index in [2.05, 4.69) is 26.1 Å². The van der Waals surface area contributed by atoms with E-state index >= 15 is 0 Å². The summed E-state index contributed by atoms with van der Waals surface area (Å²) in [6, 6.07) is 7.93. The number of hydrogen-bond acceptors (Lipinski definition) is 4. The SMILES string of the molecule is CC(C)(C)Sc1ccc(NC(=O)[C@@H]2CC[C@H](CN)O2)cc1.Cl. The highest BCUT2D eigenvalue weighted by molar-refractivity contribution is 8.00. The van der Waals surface area contributed by atoms with Gasteiger partial charge in [-0.05, 0) is 37.1 Å². The summed E-state index contributed by atoms with van der Waals surface area (Å²) in [7, 11) is 0. The fraction of sp³-hybridized carbons (Fsp3) is 0.562. The number of rotatable bonds is 4. The smallest absolute Gasteiger partial charge is 0.253 e. The van der Waals surface area contributed by atoms with Gasteiger partial charge in [0.1, 0.15) is 6.10 Å². The summed E-state index contributed by atoms with van der Waals surface area (Å²) in [6.45, 7) is 7.01. The van der Waals surface area contributed by atoms with Crippen molar-refractivity contribution in [3.8, 4) is 0 Å². The maximum absolute atomic E-state index is 12.1. The molecule has 0 unspecified atom stereocenters. The molecule has 1 aromatic rings. The lowest BCUT2D eigenvalue weighted by Crippen LogP contribution is -2.29. The minimum absolute atomic E-state index is 0. The molecule has 6 heteroatoms. The van der Waals surface area contributed by atoms with Crippen molar-refractivity contribution < 1.29 is 9.53 Å². The Balaban J connectivity index is 0.00000242. The lowest BCUT2D eigenvalue weighted by Gasteiger charge is -2.18. The van der Waals surface area contributed by atoms with Crippen molar-refractivity contribution in [2.45, 2.75) is 55.5 Å². The van der Waals surface area contributed by atoms with Crippen molar-refractivity contribution in [2.24, 2.45) is 5.73 Å². The van der Waals surface area contributed by atoms with E-state index in [9.17, 15) is 4.79 Å². The van der Waals surface area contributed by atoms with Gasteiger partial charge < -0.3 is 15.8 Å². The molecule has 3 N–H and O–H groups in total. The van der Waals surface area contributed by atoms with Gasteiger partial charge in [0.2, 0.25) is 0 Å². The van der Waals surface area contributed by atoms with Crippen LogP contribution in [0.15, 0.2) is 29.2 Å². The number of amides is 1. The Kier molecular flexibility index (Phi) is 7.19. The van der Waals surface area contributed by atoms with Gasteiger partial charge in [0.05, 0.1) is 6.10 Å². The number of nitrogens with one attached hydrogen (secondary N) is 1. The number of thioether (sulfide) groups is 1. The second-order valence-corrected chi connectivity index (χ2v) is 8.19. The molecule has 0 spiro atoms. The minimum atomic E-state index is -0.373. The molecule has 1 aliphatic heterocycles. The third kappa shape index (κ3) is 5.80. The molecule has 22 heavy (non-hydrogen) atoms. The molecule has 4 nitrogen and oxygen atoms in total. The zero-order chi connectivity index (χ0) is 15.5. The highest BCUT2D eigenvalue weighted by Gasteiger charge is 2.29. The number of halogens is 1. The van der Waals surface area contributed by atoms with Gasteiger partial charge in [0.15, 0.2) is 0 Å². The maximum Gasteiger partial charge on any atom is 0.253 e. The lowest BCUT2D eigenvalue weighted by molar-refractivity contribution is -0.126. The van der Waals surface area contributed by atoms with Crippen LogP contribution >= 0.6 is 24.2 Å². The topological polar surface area (TPSA) is 64.4 Å². The van der Waals surface area contributed by atoms with E-state index in [1.807, 2.05) is 24.3 Å². The number of carbonyl (C=O) groups is 1. The highest BCUT2D eigenvalue weighted by Crippen LogP contribution is 2.32. The van der Waals surface area contributed by atoms with Crippen LogP contribution in [0.4, 0.5) is 5.69 Å². The van der Waals surface area contributed by atoms with E-state index in [0.29, 0.717) is 6.54 Å². The molecule has 1 aliphatic rings. The van der Waals surface area contributed by atoms with E-state index in [4.69, 9.17) is 10.5 Å². The maximum atomic E-state index is 12.1. The van der Waals surface area contributed by atoms with E-state index in [1.165, 1.54) is 4.90 Å². The Morgan fingerprint density at radius 2 is 1.95 bits per heavy atom. The molecular weight excluding hydrogens is 320 g/mol. The van der Waals surface area contributed by atoms with Crippen LogP contribution < -0.4 is 11.1 Å². The van der Waals surface area contributed by atoms with Crippen molar-refractivity contribution in [1.82, 2.24) is 0 Å². The van der Waals surface area contributed by atoms with E-state index in [-0.39, 0.29) is 35.3 Å². The number of carbonyl (C=O) groups excluding carboxylic acids is 1. The Bertz CT molecular complexity index is 488. The lowest BCUT2D eigenvalue weighted by atomic mass is 10.2. The van der Waals surface area contributed by atoms with E-state index in [1.54, 1.807) is 11.8 Å². The normalized spacial score (nSPS) is 21.3. The average Bonchev–Trinajstić information content (AvgIpc) is 2.88. The second kappa shape index (κ2) is 8.20. The molecular formula is C16H25ClN2O2S. The molecule has 2 atom stereocenters. The molecule has 0 aromatic heterocycles. The van der Waals surface area contributed by atoms with Crippen LogP contribution in [0.2, 0.25) is 0 Å². The van der Waals surface area contributed by atoms with Crippen LogP contribution in [0, 0.1) is 0 Å². The number of anilines is 1. The average molecular weight is 345 g/mol. The molecule has 1 heterocycles. The third-order valence-electron chi connectivity index (χ3n) is 3.21. The van der Waals surface area contributed by atoms with Crippen molar-refractivity contribution in [1.29, 1.82) is 0 Å². The summed E-state index contributed by atoms with van der Waals surface area (Å²) in [5, 5.41) is 2.90. The van der Waals surface area contributed by atoms with E-state index in [0.717, 1.165) is 18.5 Å². The molecule has 1 saturated heterocycles. The first-order valence-corrected chi connectivity index (χ1v) is 8.14. The number of hydrogen-bond donors (Lipinski definition) is 2. The van der Waals surface area contributed by atoms with Crippen LogP contribution in [0.1, 0.15) is 33.6 Å². The number of benzene rings is 1. The largest absolute Gasteiger partial charge is 0.364 e. The van der Waals surface area contributed by atoms with Gasteiger partial charge in [0.25, 0.3) is 5.91 Å². The fourth-order valence-electron chi connectivity index (χ4n) is 2.25. The predicted octanol–water partition coefficient (Wildman–Crippen LogP) is 3.44. The molecule has 0 bridgehead atoms. The summed E-state index contributed by atoms with van der Waals surface area (Å²) in [4.78, 5) is 13.3. The van der Waals surface area contributed by atoms with Crippen molar-refractivity contribution in [3.63, 3.8) is 0 Å². The summed E-state index contributed by atoms with van der Waals surface area (Å²) >= 11 is 1.81. The molecule has 124 valence electrons. The zero-order valence-electron chi connectivity index (χ0n) is 13.3. The van der Waals surface area contributed by atoms with E-state index < -0.39 is 0 Å². The summed E-state index contributed by atoms with van der Waals surface area (Å²) in [5.41, 5.74) is 6.36. The monoisotopic (exact) mass is 344 g/mol. The molecule has 0 radical (unpaired) electrons. The van der Waals surface area contributed by atoms with Gasteiger partial charge in [-0.1, -0.05) is 20.8 Å². The molecule has 1 aromatic carbocycles. The fourth-order valence-corrected chi connectivity index (χ4v) is 3.23. The molecule has 0 aliphatic carbocycles. The molecule has 1 fully saturated rings. The van der Waals surface area contributed by atoms with Crippen molar-refractivity contribution >= 4 is 35.8 Å². The van der Waals surface area contributed by atoms with Gasteiger partial charge in [-0.2, -0.15) is 0 Å².